The number of rotatable bonds is 1. The van der Waals surface area contributed by atoms with E-state index in [0.717, 1.165) is 6.17 Å². The van der Waals surface area contributed by atoms with Crippen LogP contribution in [0.3, 0.4) is 0 Å². The fraction of sp³-hybridized carbons (Fsp3) is 1.00. The van der Waals surface area contributed by atoms with E-state index in [-0.39, 0.29) is 5.54 Å². The maximum Gasteiger partial charge on any atom is 0.0429 e. The van der Waals surface area contributed by atoms with Crippen molar-refractivity contribution >= 4 is 10.2 Å². The Balaban J connectivity index is 3.15. The Labute approximate surface area is 48.9 Å². The zero-order valence-electron chi connectivity index (χ0n) is 5.21. The van der Waals surface area contributed by atoms with E-state index in [1.54, 1.807) is 0 Å². The van der Waals surface area contributed by atoms with Crippen LogP contribution in [0.4, 0.5) is 0 Å². The summed E-state index contributed by atoms with van der Waals surface area (Å²) in [5.74, 6) is 0. The van der Waals surface area contributed by atoms with Crippen molar-refractivity contribution in [1.82, 2.24) is 5.32 Å². The normalized spacial score (nSPS) is 12.0. The molecule has 0 amide bonds. The second kappa shape index (κ2) is 2.48. The number of nitrogens with one attached hydrogen (secondary N) is 1. The third-order valence-corrected chi connectivity index (χ3v) is 0.795. The van der Waals surface area contributed by atoms with Gasteiger partial charge in [-0.1, -0.05) is 0 Å². The molecule has 0 aromatic heterocycles. The van der Waals surface area contributed by atoms with E-state index in [0.29, 0.717) is 0 Å². The molecule has 0 bridgehead atoms. The lowest BCUT2D eigenvalue weighted by molar-refractivity contribution is 0.459. The second-order valence-corrected chi connectivity index (χ2v) is 2.96. The molecule has 0 aliphatic carbocycles. The average Bonchev–Trinajstić information content (AvgIpc) is 1.30. The third-order valence-electron chi connectivity index (χ3n) is 0.619. The van der Waals surface area contributed by atoms with Crippen LogP contribution in [0.2, 0.25) is 0 Å². The van der Waals surface area contributed by atoms with Crippen molar-refractivity contribution in [2.24, 2.45) is 0 Å². The maximum absolute atomic E-state index is 3.32. The van der Waals surface area contributed by atoms with Gasteiger partial charge in [-0.15, -0.1) is 0 Å². The van der Waals surface area contributed by atoms with Crippen molar-refractivity contribution in [1.29, 1.82) is 0 Å². The van der Waals surface area contributed by atoms with Crippen LogP contribution in [0.1, 0.15) is 20.8 Å². The first-order chi connectivity index (χ1) is 3.06. The summed E-state index contributed by atoms with van der Waals surface area (Å²) in [7, 11) is 3.32. The molecule has 0 atom stereocenters. The monoisotopic (exact) mass is 114 g/mol. The van der Waals surface area contributed by atoms with Gasteiger partial charge in [0.1, 0.15) is 0 Å². The van der Waals surface area contributed by atoms with Gasteiger partial charge in [-0.25, -0.2) is 0 Å². The van der Waals surface area contributed by atoms with Gasteiger partial charge in [-0.05, 0) is 26.9 Å². The molecule has 0 aliphatic heterocycles. The minimum Gasteiger partial charge on any atom is -0.316 e. The number of hydrogen-bond donors (Lipinski definition) is 1. The molecule has 0 rings (SSSR count). The molecule has 0 aromatic carbocycles. The molecule has 0 aliphatic rings. The van der Waals surface area contributed by atoms with Gasteiger partial charge in [0, 0.05) is 15.8 Å². The molecule has 1 N–H and O–H groups in total. The molecule has 0 saturated heterocycles. The third kappa shape index (κ3) is 6.18. The molecule has 0 aromatic rings. The summed E-state index contributed by atoms with van der Waals surface area (Å²) in [6.07, 6.45) is 0.865. The van der Waals surface area contributed by atoms with Crippen LogP contribution in [0.15, 0.2) is 0 Å². The van der Waals surface area contributed by atoms with Gasteiger partial charge < -0.3 is 5.32 Å². The van der Waals surface area contributed by atoms with Gasteiger partial charge in [0.15, 0.2) is 0 Å². The highest BCUT2D eigenvalue weighted by Crippen LogP contribution is 1.95. The molecule has 1 nitrogen and oxygen atoms in total. The molecule has 0 unspecified atom stereocenters. The van der Waals surface area contributed by atoms with Crippen LogP contribution in [0.5, 0.6) is 0 Å². The quantitative estimate of drug-likeness (QED) is 0.489. The standard InChI is InChI=1S/C5H12NSi/c1-5(2,3)6-4-7/h6H,4H2,1-3H3. The minimum absolute atomic E-state index is 0.252. The van der Waals surface area contributed by atoms with Gasteiger partial charge in [0.25, 0.3) is 0 Å². The summed E-state index contributed by atoms with van der Waals surface area (Å²) >= 11 is 0. The largest absolute Gasteiger partial charge is 0.316 e. The molecule has 41 valence electrons. The Morgan fingerprint density at radius 2 is 1.86 bits per heavy atom. The smallest absolute Gasteiger partial charge is 0.0429 e. The molecular formula is C5H12NSi. The highest BCUT2D eigenvalue weighted by Gasteiger charge is 2.04. The zero-order chi connectivity index (χ0) is 5.91. The van der Waals surface area contributed by atoms with E-state index in [4.69, 9.17) is 0 Å². The van der Waals surface area contributed by atoms with Crippen molar-refractivity contribution in [3.8, 4) is 0 Å². The highest BCUT2D eigenvalue weighted by molar-refractivity contribution is 6.08. The van der Waals surface area contributed by atoms with Crippen LogP contribution >= 0.6 is 0 Å². The molecule has 0 spiro atoms. The van der Waals surface area contributed by atoms with Gasteiger partial charge in [0.05, 0.1) is 0 Å². The van der Waals surface area contributed by atoms with Gasteiger partial charge in [0.2, 0.25) is 0 Å². The first-order valence-electron chi connectivity index (χ1n) is 2.46. The molecule has 0 saturated carbocycles. The number of hydrogen-bond acceptors (Lipinski definition) is 1. The topological polar surface area (TPSA) is 12.0 Å². The van der Waals surface area contributed by atoms with Gasteiger partial charge in [-0.3, -0.25) is 0 Å². The Kier molecular flexibility index (Phi) is 2.54. The lowest BCUT2D eigenvalue weighted by Gasteiger charge is -2.18. The summed E-state index contributed by atoms with van der Waals surface area (Å²) in [6, 6.07) is 0. The van der Waals surface area contributed by atoms with Crippen LogP contribution < -0.4 is 5.32 Å². The van der Waals surface area contributed by atoms with E-state index < -0.39 is 0 Å². The lowest BCUT2D eigenvalue weighted by atomic mass is 10.1. The van der Waals surface area contributed by atoms with Crippen molar-refractivity contribution < 1.29 is 0 Å². The predicted octanol–water partition coefficient (Wildman–Crippen LogP) is 0.500. The van der Waals surface area contributed by atoms with E-state index in [2.05, 4.69) is 36.3 Å². The van der Waals surface area contributed by atoms with Crippen molar-refractivity contribution in [3.63, 3.8) is 0 Å². The summed E-state index contributed by atoms with van der Waals surface area (Å²) < 4.78 is 0. The van der Waals surface area contributed by atoms with Crippen LogP contribution in [-0.4, -0.2) is 21.9 Å². The molecule has 2 heteroatoms. The van der Waals surface area contributed by atoms with Crippen LogP contribution in [-0.2, 0) is 0 Å². The van der Waals surface area contributed by atoms with E-state index in [9.17, 15) is 0 Å². The predicted molar refractivity (Wildman–Crippen MR) is 33.5 cm³/mol. The fourth-order valence-electron chi connectivity index (χ4n) is 0.265. The Hall–Kier alpha value is 0.177. The van der Waals surface area contributed by atoms with Crippen LogP contribution in [0.25, 0.3) is 0 Å². The molecule has 7 heavy (non-hydrogen) atoms. The maximum atomic E-state index is 3.32. The fourth-order valence-corrected chi connectivity index (χ4v) is 0.795. The molecule has 0 heterocycles. The van der Waals surface area contributed by atoms with E-state index in [1.807, 2.05) is 0 Å². The lowest BCUT2D eigenvalue weighted by Crippen LogP contribution is -2.36. The summed E-state index contributed by atoms with van der Waals surface area (Å²) in [4.78, 5) is 0. The molecule has 3 radical (unpaired) electrons. The van der Waals surface area contributed by atoms with Gasteiger partial charge in [-0.2, -0.15) is 0 Å². The average molecular weight is 114 g/mol. The van der Waals surface area contributed by atoms with E-state index in [1.165, 1.54) is 0 Å². The summed E-state index contributed by atoms with van der Waals surface area (Å²) in [5, 5.41) is 3.20. The van der Waals surface area contributed by atoms with Crippen molar-refractivity contribution in [2.75, 3.05) is 6.17 Å². The Morgan fingerprint density at radius 1 is 1.43 bits per heavy atom. The first kappa shape index (κ1) is 7.18. The minimum atomic E-state index is 0.252. The Bertz CT molecular complexity index is 46.5. The second-order valence-electron chi connectivity index (χ2n) is 2.60. The molecular weight excluding hydrogens is 102 g/mol. The van der Waals surface area contributed by atoms with Gasteiger partial charge >= 0.3 is 0 Å². The molecule has 0 fully saturated rings. The Morgan fingerprint density at radius 3 is 1.86 bits per heavy atom. The zero-order valence-corrected chi connectivity index (χ0v) is 6.21. The van der Waals surface area contributed by atoms with Crippen molar-refractivity contribution in [2.45, 2.75) is 26.3 Å². The first-order valence-corrected chi connectivity index (χ1v) is 3.16. The van der Waals surface area contributed by atoms with E-state index >= 15 is 0 Å². The van der Waals surface area contributed by atoms with Crippen molar-refractivity contribution in [3.05, 3.63) is 0 Å². The SMILES string of the molecule is CC(C)(C)NC[Si]. The highest BCUT2D eigenvalue weighted by atomic mass is 28.1. The van der Waals surface area contributed by atoms with Crippen LogP contribution in [0, 0.1) is 0 Å². The summed E-state index contributed by atoms with van der Waals surface area (Å²) in [5.41, 5.74) is 0.252. The summed E-state index contributed by atoms with van der Waals surface area (Å²) in [6.45, 7) is 6.40.